The summed E-state index contributed by atoms with van der Waals surface area (Å²) in [6.45, 7) is 11.6. The summed E-state index contributed by atoms with van der Waals surface area (Å²) < 4.78 is 38.7. The number of nitrogens with one attached hydrogen (secondary N) is 5. The van der Waals surface area contributed by atoms with E-state index in [4.69, 9.17) is 0 Å². The predicted molar refractivity (Wildman–Crippen MR) is 143 cm³/mol. The second-order valence-electron chi connectivity index (χ2n) is 11.1. The van der Waals surface area contributed by atoms with Gasteiger partial charge < -0.3 is 31.5 Å². The Labute approximate surface area is 237 Å². The van der Waals surface area contributed by atoms with E-state index >= 15 is 0 Å². The van der Waals surface area contributed by atoms with E-state index in [1.54, 1.807) is 34.6 Å². The van der Waals surface area contributed by atoms with Crippen LogP contribution in [0.3, 0.4) is 0 Å². The van der Waals surface area contributed by atoms with Crippen LogP contribution in [0.4, 0.5) is 18.0 Å². The minimum absolute atomic E-state index is 0.105. The number of halogens is 3. The van der Waals surface area contributed by atoms with E-state index in [0.717, 1.165) is 0 Å². The molecular formula is C26H41F3N6O6. The molecule has 1 aliphatic rings. The van der Waals surface area contributed by atoms with Crippen molar-refractivity contribution in [1.82, 2.24) is 31.5 Å². The van der Waals surface area contributed by atoms with Crippen molar-refractivity contribution in [3.63, 3.8) is 0 Å². The highest BCUT2D eigenvalue weighted by molar-refractivity contribution is 6.38. The Balaban J connectivity index is 3.05. The van der Waals surface area contributed by atoms with Gasteiger partial charge in [0.25, 0.3) is 5.91 Å². The lowest BCUT2D eigenvalue weighted by atomic mass is 9.85. The zero-order chi connectivity index (χ0) is 31.5. The van der Waals surface area contributed by atoms with Gasteiger partial charge in [-0.3, -0.25) is 24.0 Å². The molecule has 0 radical (unpaired) electrons. The van der Waals surface area contributed by atoms with Gasteiger partial charge >= 0.3 is 12.2 Å². The van der Waals surface area contributed by atoms with Gasteiger partial charge in [-0.1, -0.05) is 26.8 Å². The molecule has 0 aromatic carbocycles. The minimum Gasteiger partial charge on any atom is -0.352 e. The highest BCUT2D eigenvalue weighted by atomic mass is 19.4. The highest BCUT2D eigenvalue weighted by Gasteiger charge is 2.43. The maximum absolute atomic E-state index is 13.6. The zero-order valence-electron chi connectivity index (χ0n) is 24.1. The molecule has 1 rings (SSSR count). The normalized spacial score (nSPS) is 16.8. The summed E-state index contributed by atoms with van der Waals surface area (Å²) in [5, 5.41) is 11.9. The number of nitrogens with zero attached hydrogens (tertiary/aromatic N) is 1. The smallest absolute Gasteiger partial charge is 0.352 e. The number of hydrogen-bond acceptors (Lipinski definition) is 6. The SMILES string of the molecule is C=CCNC(=O)C(=O)C(CCC(F)(F)F)NC(=O)C1CCCN1C(=O)C(NC(=O)NCC(=O)NC(C)C)C(C)(C)C. The lowest BCUT2D eigenvalue weighted by Crippen LogP contribution is -2.60. The first kappa shape index (κ1) is 35.4. The zero-order valence-corrected chi connectivity index (χ0v) is 24.1. The molecule has 3 unspecified atom stereocenters. The largest absolute Gasteiger partial charge is 0.389 e. The Bertz CT molecular complexity index is 995. The van der Waals surface area contributed by atoms with Crippen LogP contribution < -0.4 is 26.6 Å². The van der Waals surface area contributed by atoms with Crippen molar-refractivity contribution in [2.75, 3.05) is 19.6 Å². The van der Waals surface area contributed by atoms with Gasteiger partial charge in [0.05, 0.1) is 12.6 Å². The molecule has 41 heavy (non-hydrogen) atoms. The molecule has 1 aliphatic heterocycles. The predicted octanol–water partition coefficient (Wildman–Crippen LogP) is 0.915. The number of urea groups is 1. The average Bonchev–Trinajstić information content (AvgIpc) is 3.34. The Hall–Kier alpha value is -3.65. The number of rotatable bonds is 13. The number of ketones is 1. The van der Waals surface area contributed by atoms with Crippen molar-refractivity contribution in [1.29, 1.82) is 0 Å². The quantitative estimate of drug-likeness (QED) is 0.158. The molecule has 0 bridgehead atoms. The Morgan fingerprint density at radius 1 is 1.00 bits per heavy atom. The molecule has 0 aliphatic carbocycles. The number of hydrogen-bond donors (Lipinski definition) is 5. The number of alkyl halides is 3. The average molecular weight is 591 g/mol. The van der Waals surface area contributed by atoms with Gasteiger partial charge in [0.1, 0.15) is 12.1 Å². The lowest BCUT2D eigenvalue weighted by Gasteiger charge is -2.35. The summed E-state index contributed by atoms with van der Waals surface area (Å²) >= 11 is 0. The number of carbonyl (C=O) groups is 6. The maximum Gasteiger partial charge on any atom is 0.389 e. The van der Waals surface area contributed by atoms with Crippen LogP contribution in [0.15, 0.2) is 12.7 Å². The summed E-state index contributed by atoms with van der Waals surface area (Å²) in [5.41, 5.74) is -0.841. The molecule has 6 amide bonds. The molecule has 0 aromatic rings. The molecule has 1 heterocycles. The van der Waals surface area contributed by atoms with Crippen LogP contribution in [0, 0.1) is 5.41 Å². The van der Waals surface area contributed by atoms with Gasteiger partial charge in [0.15, 0.2) is 0 Å². The van der Waals surface area contributed by atoms with Crippen molar-refractivity contribution >= 4 is 35.4 Å². The van der Waals surface area contributed by atoms with E-state index in [0.29, 0.717) is 6.42 Å². The number of carbonyl (C=O) groups excluding carboxylic acids is 6. The summed E-state index contributed by atoms with van der Waals surface area (Å²) in [6, 6.07) is -4.99. The molecule has 1 saturated heterocycles. The van der Waals surface area contributed by atoms with E-state index in [9.17, 15) is 41.9 Å². The molecule has 5 N–H and O–H groups in total. The molecule has 3 atom stereocenters. The fraction of sp³-hybridized carbons (Fsp3) is 0.692. The van der Waals surface area contributed by atoms with Gasteiger partial charge in [0, 0.05) is 25.6 Å². The lowest BCUT2D eigenvalue weighted by molar-refractivity contribution is -0.147. The standard InChI is InChI=1S/C26H41F3N6O6/c1-7-12-30-22(39)19(37)16(10-11-26(27,28)29)33-21(38)17-9-8-13-35(17)23(40)20(25(4,5)6)34-24(41)31-14-18(36)32-15(2)3/h7,15-17,20H,1,8-14H2,2-6H3,(H,30,39)(H,32,36)(H,33,38)(H2,31,34,41). The van der Waals surface area contributed by atoms with Crippen molar-refractivity contribution in [2.24, 2.45) is 5.41 Å². The topological polar surface area (TPSA) is 166 Å². The second kappa shape index (κ2) is 15.4. The number of Topliss-reactive ketones (excluding diaryl/α,β-unsaturated/α-hetero) is 1. The maximum atomic E-state index is 13.6. The third kappa shape index (κ3) is 12.2. The van der Waals surface area contributed by atoms with Gasteiger partial charge in [-0.2, -0.15) is 13.2 Å². The van der Waals surface area contributed by atoms with Crippen LogP contribution in [-0.2, 0) is 24.0 Å². The molecule has 1 fully saturated rings. The molecule has 0 aromatic heterocycles. The van der Waals surface area contributed by atoms with Gasteiger partial charge in [-0.15, -0.1) is 6.58 Å². The first-order valence-electron chi connectivity index (χ1n) is 13.3. The minimum atomic E-state index is -4.64. The number of likely N-dealkylation sites (tertiary alicyclic amines) is 1. The molecular weight excluding hydrogens is 549 g/mol. The third-order valence-corrected chi connectivity index (χ3v) is 6.07. The number of amides is 6. The first-order chi connectivity index (χ1) is 18.9. The van der Waals surface area contributed by atoms with Gasteiger partial charge in [-0.05, 0) is 38.5 Å². The van der Waals surface area contributed by atoms with Crippen LogP contribution in [0.1, 0.15) is 60.3 Å². The van der Waals surface area contributed by atoms with Crippen molar-refractivity contribution in [2.45, 2.75) is 90.6 Å². The van der Waals surface area contributed by atoms with E-state index in [1.165, 1.54) is 11.0 Å². The summed E-state index contributed by atoms with van der Waals surface area (Å²) in [7, 11) is 0. The summed E-state index contributed by atoms with van der Waals surface area (Å²) in [6.07, 6.45) is -5.13. The van der Waals surface area contributed by atoms with Crippen molar-refractivity contribution in [3.05, 3.63) is 12.7 Å². The van der Waals surface area contributed by atoms with Crippen LogP contribution in [-0.4, -0.2) is 90.3 Å². The van der Waals surface area contributed by atoms with Crippen LogP contribution in [0.5, 0.6) is 0 Å². The first-order valence-corrected chi connectivity index (χ1v) is 13.3. The third-order valence-electron chi connectivity index (χ3n) is 6.07. The molecule has 12 nitrogen and oxygen atoms in total. The molecule has 0 spiro atoms. The van der Waals surface area contributed by atoms with E-state index in [2.05, 4.69) is 33.2 Å². The van der Waals surface area contributed by atoms with Crippen LogP contribution >= 0.6 is 0 Å². The van der Waals surface area contributed by atoms with E-state index in [-0.39, 0.29) is 32.1 Å². The fourth-order valence-corrected chi connectivity index (χ4v) is 4.09. The van der Waals surface area contributed by atoms with Gasteiger partial charge in [-0.25, -0.2) is 4.79 Å². The Kier molecular flexibility index (Phi) is 13.3. The Morgan fingerprint density at radius 2 is 1.63 bits per heavy atom. The van der Waals surface area contributed by atoms with Crippen LogP contribution in [0.2, 0.25) is 0 Å². The molecule has 232 valence electrons. The highest BCUT2D eigenvalue weighted by Crippen LogP contribution is 2.27. The van der Waals surface area contributed by atoms with Crippen molar-refractivity contribution < 1.29 is 41.9 Å². The van der Waals surface area contributed by atoms with Crippen molar-refractivity contribution in [3.8, 4) is 0 Å². The van der Waals surface area contributed by atoms with Gasteiger partial charge in [0.2, 0.25) is 23.5 Å². The van der Waals surface area contributed by atoms with E-state index in [1.807, 2.05) is 0 Å². The molecule has 0 saturated carbocycles. The van der Waals surface area contributed by atoms with Crippen LogP contribution in [0.25, 0.3) is 0 Å². The molecule has 15 heteroatoms. The van der Waals surface area contributed by atoms with E-state index < -0.39 is 78.0 Å². The summed E-state index contributed by atoms with van der Waals surface area (Å²) in [4.78, 5) is 77.0. The second-order valence-corrected chi connectivity index (χ2v) is 11.1. The fourth-order valence-electron chi connectivity index (χ4n) is 4.09. The Morgan fingerprint density at radius 3 is 2.17 bits per heavy atom. The monoisotopic (exact) mass is 590 g/mol. The summed E-state index contributed by atoms with van der Waals surface area (Å²) in [5.74, 6) is -4.39.